The zero-order chi connectivity index (χ0) is 20.8. The number of piperidine rings is 1. The van der Waals surface area contributed by atoms with E-state index in [9.17, 15) is 0 Å². The fourth-order valence-corrected chi connectivity index (χ4v) is 4.01. The largest absolute Gasteiger partial charge is 0.384 e. The van der Waals surface area contributed by atoms with Gasteiger partial charge in [-0.2, -0.15) is 4.98 Å². The van der Waals surface area contributed by atoms with Crippen molar-refractivity contribution in [1.29, 1.82) is 0 Å². The Morgan fingerprint density at radius 1 is 0.967 bits per heavy atom. The molecule has 1 saturated heterocycles. The third-order valence-electron chi connectivity index (χ3n) is 5.41. The van der Waals surface area contributed by atoms with Crippen molar-refractivity contribution in [3.63, 3.8) is 0 Å². The van der Waals surface area contributed by atoms with E-state index in [-0.39, 0.29) is 0 Å². The molecule has 7 heteroatoms. The lowest BCUT2D eigenvalue weighted by atomic mass is 10.1. The number of aromatic nitrogens is 3. The first-order valence-electron chi connectivity index (χ1n) is 10.8. The molecule has 3 heterocycles. The quantitative estimate of drug-likeness (QED) is 0.479. The third-order valence-corrected chi connectivity index (χ3v) is 5.65. The van der Waals surface area contributed by atoms with Gasteiger partial charge in [-0.3, -0.25) is 4.98 Å². The highest BCUT2D eigenvalue weighted by Crippen LogP contribution is 2.24. The van der Waals surface area contributed by atoms with E-state index in [0.29, 0.717) is 5.02 Å². The van der Waals surface area contributed by atoms with Crippen LogP contribution < -0.4 is 15.5 Å². The average Bonchev–Trinajstić information content (AvgIpc) is 2.76. The number of pyridine rings is 1. The lowest BCUT2D eigenvalue weighted by molar-refractivity contribution is 0.568. The van der Waals surface area contributed by atoms with E-state index < -0.39 is 0 Å². The normalized spacial score (nSPS) is 14.1. The summed E-state index contributed by atoms with van der Waals surface area (Å²) in [6.07, 6.45) is 7.71. The van der Waals surface area contributed by atoms with E-state index in [4.69, 9.17) is 16.6 Å². The summed E-state index contributed by atoms with van der Waals surface area (Å²) in [7, 11) is 0. The summed E-state index contributed by atoms with van der Waals surface area (Å²) in [6.45, 7) is 5.96. The summed E-state index contributed by atoms with van der Waals surface area (Å²) in [5, 5.41) is 8.80. The van der Waals surface area contributed by atoms with Crippen molar-refractivity contribution in [2.45, 2.75) is 39.0 Å². The van der Waals surface area contributed by atoms with Crippen molar-refractivity contribution in [3.8, 4) is 0 Å². The summed E-state index contributed by atoms with van der Waals surface area (Å²) in [6, 6.07) is 9.86. The molecule has 2 N–H and O–H groups in total. The van der Waals surface area contributed by atoms with E-state index >= 15 is 0 Å². The minimum Gasteiger partial charge on any atom is -0.384 e. The van der Waals surface area contributed by atoms with Gasteiger partial charge in [0.05, 0.1) is 5.52 Å². The van der Waals surface area contributed by atoms with Crippen LogP contribution in [0.15, 0.2) is 36.5 Å². The molecule has 30 heavy (non-hydrogen) atoms. The van der Waals surface area contributed by atoms with Gasteiger partial charge in [-0.25, -0.2) is 4.98 Å². The smallest absolute Gasteiger partial charge is 0.227 e. The van der Waals surface area contributed by atoms with Crippen molar-refractivity contribution in [2.24, 2.45) is 0 Å². The van der Waals surface area contributed by atoms with E-state index in [2.05, 4.69) is 25.5 Å². The van der Waals surface area contributed by atoms with E-state index in [0.717, 1.165) is 73.1 Å². The number of unbranched alkanes of at least 4 members (excludes halogenated alkanes) is 1. The van der Waals surface area contributed by atoms with Gasteiger partial charge in [0, 0.05) is 60.2 Å². The Morgan fingerprint density at radius 3 is 2.60 bits per heavy atom. The lowest BCUT2D eigenvalue weighted by Crippen LogP contribution is -2.31. The molecule has 1 aromatic carbocycles. The monoisotopic (exact) mass is 424 g/mol. The number of hydrogen-bond donors (Lipinski definition) is 2. The zero-order valence-corrected chi connectivity index (χ0v) is 18.3. The van der Waals surface area contributed by atoms with Crippen LogP contribution in [0.5, 0.6) is 0 Å². The fourth-order valence-electron chi connectivity index (χ4n) is 3.84. The molecule has 1 aliphatic rings. The summed E-state index contributed by atoms with van der Waals surface area (Å²) >= 11 is 6.07. The first-order valence-corrected chi connectivity index (χ1v) is 11.2. The van der Waals surface area contributed by atoms with E-state index in [1.807, 2.05) is 43.5 Å². The summed E-state index contributed by atoms with van der Waals surface area (Å²) in [5.74, 6) is 1.79. The van der Waals surface area contributed by atoms with E-state index in [1.54, 1.807) is 0 Å². The van der Waals surface area contributed by atoms with Crippen LogP contribution in [-0.2, 0) is 0 Å². The van der Waals surface area contributed by atoms with Gasteiger partial charge in [-0.15, -0.1) is 0 Å². The molecular formula is C23H29ClN6. The van der Waals surface area contributed by atoms with Crippen molar-refractivity contribution < 1.29 is 0 Å². The first-order chi connectivity index (χ1) is 14.7. The van der Waals surface area contributed by atoms with Crippen molar-refractivity contribution in [1.82, 2.24) is 15.0 Å². The van der Waals surface area contributed by atoms with Crippen LogP contribution in [-0.4, -0.2) is 41.1 Å². The van der Waals surface area contributed by atoms with Gasteiger partial charge in [-0.05, 0) is 63.3 Å². The Bertz CT molecular complexity index is 987. The molecule has 1 fully saturated rings. The van der Waals surface area contributed by atoms with Crippen molar-refractivity contribution >= 4 is 40.0 Å². The zero-order valence-electron chi connectivity index (χ0n) is 17.5. The molecular weight excluding hydrogens is 396 g/mol. The molecule has 6 nitrogen and oxygen atoms in total. The average molecular weight is 425 g/mol. The second kappa shape index (κ2) is 9.94. The van der Waals surface area contributed by atoms with Gasteiger partial charge in [0.25, 0.3) is 0 Å². The number of nitrogens with zero attached hydrogens (tertiary/aromatic N) is 4. The maximum Gasteiger partial charge on any atom is 0.227 e. The van der Waals surface area contributed by atoms with Crippen LogP contribution in [0.25, 0.3) is 10.9 Å². The number of rotatable bonds is 8. The highest BCUT2D eigenvalue weighted by Gasteiger charge is 2.14. The second-order valence-corrected chi connectivity index (χ2v) is 8.26. The predicted molar refractivity (Wildman–Crippen MR) is 126 cm³/mol. The molecule has 0 radical (unpaired) electrons. The van der Waals surface area contributed by atoms with E-state index in [1.165, 1.54) is 19.3 Å². The van der Waals surface area contributed by atoms with Gasteiger partial charge in [0.2, 0.25) is 5.95 Å². The molecule has 2 aromatic heterocycles. The van der Waals surface area contributed by atoms with Crippen LogP contribution >= 0.6 is 11.6 Å². The molecule has 0 spiro atoms. The molecule has 1 aliphatic heterocycles. The predicted octanol–water partition coefficient (Wildman–Crippen LogP) is 5.28. The molecule has 0 atom stereocenters. The van der Waals surface area contributed by atoms with Gasteiger partial charge >= 0.3 is 0 Å². The molecule has 158 valence electrons. The number of hydrogen-bond acceptors (Lipinski definition) is 6. The van der Waals surface area contributed by atoms with Crippen LogP contribution in [0, 0.1) is 6.92 Å². The maximum atomic E-state index is 6.07. The van der Waals surface area contributed by atoms with Crippen molar-refractivity contribution in [3.05, 3.63) is 47.2 Å². The number of anilines is 3. The SMILES string of the molecule is Cc1cc(NCCCCNc2ccnc3cc(Cl)ccc23)nc(N2CCCCC2)n1. The molecule has 3 aromatic rings. The van der Waals surface area contributed by atoms with Gasteiger partial charge < -0.3 is 15.5 Å². The molecule has 0 saturated carbocycles. The van der Waals surface area contributed by atoms with Gasteiger partial charge in [0.15, 0.2) is 0 Å². The number of benzene rings is 1. The summed E-state index contributed by atoms with van der Waals surface area (Å²) in [5.41, 5.74) is 3.03. The minimum absolute atomic E-state index is 0.710. The van der Waals surface area contributed by atoms with Crippen LogP contribution in [0.3, 0.4) is 0 Å². The number of halogens is 1. The van der Waals surface area contributed by atoms with Gasteiger partial charge in [0.1, 0.15) is 5.82 Å². The Hall–Kier alpha value is -2.60. The summed E-state index contributed by atoms with van der Waals surface area (Å²) in [4.78, 5) is 16.1. The Labute approximate surface area is 183 Å². The molecule has 0 aliphatic carbocycles. The maximum absolute atomic E-state index is 6.07. The number of nitrogens with one attached hydrogen (secondary N) is 2. The second-order valence-electron chi connectivity index (χ2n) is 7.82. The molecule has 4 rings (SSSR count). The first kappa shape index (κ1) is 20.7. The Morgan fingerprint density at radius 2 is 1.77 bits per heavy atom. The summed E-state index contributed by atoms with van der Waals surface area (Å²) < 4.78 is 0. The Kier molecular flexibility index (Phi) is 6.84. The molecule has 0 bridgehead atoms. The van der Waals surface area contributed by atoms with Crippen LogP contribution in [0.4, 0.5) is 17.5 Å². The number of aryl methyl sites for hydroxylation is 1. The lowest BCUT2D eigenvalue weighted by Gasteiger charge is -2.27. The Balaban J connectivity index is 1.24. The highest BCUT2D eigenvalue weighted by molar-refractivity contribution is 6.31. The highest BCUT2D eigenvalue weighted by atomic mass is 35.5. The minimum atomic E-state index is 0.710. The van der Waals surface area contributed by atoms with Crippen LogP contribution in [0.2, 0.25) is 5.02 Å². The fraction of sp³-hybridized carbons (Fsp3) is 0.435. The molecule has 0 amide bonds. The third kappa shape index (κ3) is 5.30. The van der Waals surface area contributed by atoms with Crippen molar-refractivity contribution in [2.75, 3.05) is 41.7 Å². The number of fused-ring (bicyclic) bond motifs is 1. The standard InChI is InChI=1S/C23H29ClN6/c1-17-15-22(29-23(28-17)30-13-5-2-6-14-30)27-11-4-3-10-25-20-9-12-26-21-16-18(24)7-8-19(20)21/h7-9,12,15-16H,2-6,10-11,13-14H2,1H3,(H,25,26)(H,27,28,29). The van der Waals surface area contributed by atoms with Gasteiger partial charge in [-0.1, -0.05) is 11.6 Å². The topological polar surface area (TPSA) is 66.0 Å². The molecule has 0 unspecified atom stereocenters. The van der Waals surface area contributed by atoms with Crippen LogP contribution in [0.1, 0.15) is 37.8 Å².